The van der Waals surface area contributed by atoms with E-state index in [4.69, 9.17) is 16.3 Å². The molecule has 1 aromatic rings. The van der Waals surface area contributed by atoms with E-state index in [0.717, 1.165) is 19.3 Å². The fraction of sp³-hybridized carbons (Fsp3) is 0.632. The maximum Gasteiger partial charge on any atom is 0.253 e. The largest absolute Gasteiger partial charge is 0.372 e. The van der Waals surface area contributed by atoms with Crippen molar-refractivity contribution in [3.05, 3.63) is 29.3 Å². The van der Waals surface area contributed by atoms with Crippen molar-refractivity contribution in [1.82, 2.24) is 0 Å². The molecule has 0 heterocycles. The lowest BCUT2D eigenvalue weighted by atomic mass is 9.94. The minimum Gasteiger partial charge on any atom is -0.372 e. The van der Waals surface area contributed by atoms with E-state index >= 15 is 0 Å². The number of ether oxygens (including phenoxy) is 1. The molecule has 1 aromatic carbocycles. The first-order valence-electron chi connectivity index (χ1n) is 8.70. The summed E-state index contributed by atoms with van der Waals surface area (Å²) in [6.07, 6.45) is 4.87. The average Bonchev–Trinajstić information content (AvgIpc) is 2.58. The Bertz CT molecular complexity index is 437. The van der Waals surface area contributed by atoms with Crippen LogP contribution in [0.2, 0.25) is 5.02 Å². The van der Waals surface area contributed by atoms with E-state index in [0.29, 0.717) is 16.6 Å². The number of carbonyl (C=O) groups is 1. The summed E-state index contributed by atoms with van der Waals surface area (Å²) in [7, 11) is 1.58. The molecule has 3 nitrogen and oxygen atoms in total. The molecule has 0 aromatic heterocycles. The molecule has 0 saturated carbocycles. The summed E-state index contributed by atoms with van der Waals surface area (Å²) in [5.74, 6) is 0.540. The molecule has 2 unspecified atom stereocenters. The maximum absolute atomic E-state index is 12.3. The Morgan fingerprint density at radius 1 is 1.17 bits per heavy atom. The highest BCUT2D eigenvalue weighted by molar-refractivity contribution is 6.33. The lowest BCUT2D eigenvalue weighted by molar-refractivity contribution is -0.126. The van der Waals surface area contributed by atoms with Crippen LogP contribution in [0.5, 0.6) is 0 Å². The van der Waals surface area contributed by atoms with Crippen LogP contribution in [-0.2, 0) is 9.53 Å². The van der Waals surface area contributed by atoms with Crippen LogP contribution in [0.15, 0.2) is 24.3 Å². The lowest BCUT2D eigenvalue weighted by Gasteiger charge is -2.19. The van der Waals surface area contributed by atoms with Gasteiger partial charge in [-0.25, -0.2) is 0 Å². The molecule has 1 rings (SSSR count). The van der Waals surface area contributed by atoms with Crippen LogP contribution in [-0.4, -0.2) is 19.1 Å². The van der Waals surface area contributed by atoms with Crippen LogP contribution < -0.4 is 5.32 Å². The molecule has 0 aliphatic heterocycles. The summed E-state index contributed by atoms with van der Waals surface area (Å²) < 4.78 is 5.34. The molecule has 0 aliphatic rings. The van der Waals surface area contributed by atoms with Crippen molar-refractivity contribution in [2.24, 2.45) is 5.92 Å². The van der Waals surface area contributed by atoms with E-state index < -0.39 is 6.10 Å². The maximum atomic E-state index is 12.3. The highest BCUT2D eigenvalue weighted by atomic mass is 35.5. The highest BCUT2D eigenvalue weighted by Crippen LogP contribution is 2.22. The average molecular weight is 342 g/mol. The normalized spacial score (nSPS) is 12.8. The molecular weight excluding hydrogens is 310 g/mol. The number of benzene rings is 1. The van der Waals surface area contributed by atoms with Crippen LogP contribution in [0.3, 0.4) is 0 Å². The van der Waals surface area contributed by atoms with Crippen molar-refractivity contribution < 1.29 is 9.53 Å². The van der Waals surface area contributed by atoms with Crippen LogP contribution in [0, 0.1) is 5.92 Å². The van der Waals surface area contributed by atoms with Gasteiger partial charge in [0.15, 0.2) is 0 Å². The molecule has 2 atom stereocenters. The van der Waals surface area contributed by atoms with E-state index in [-0.39, 0.29) is 5.91 Å². The van der Waals surface area contributed by atoms with Gasteiger partial charge in [0.05, 0.1) is 10.7 Å². The summed E-state index contributed by atoms with van der Waals surface area (Å²) in [6, 6.07) is 7.23. The Labute approximate surface area is 146 Å². The quantitative estimate of drug-likeness (QED) is 0.604. The third kappa shape index (κ3) is 8.38. The predicted octanol–water partition coefficient (Wildman–Crippen LogP) is 5.93. The van der Waals surface area contributed by atoms with Crippen LogP contribution in [0.4, 0.5) is 5.69 Å². The number of hydrogen-bond donors (Lipinski definition) is 1. The summed E-state index contributed by atoms with van der Waals surface area (Å²) >= 11 is 6.05. The summed E-state index contributed by atoms with van der Waals surface area (Å²) in [5, 5.41) is 3.38. The van der Waals surface area contributed by atoms with E-state index in [1.54, 1.807) is 19.2 Å². The van der Waals surface area contributed by atoms with E-state index in [1.165, 1.54) is 12.8 Å². The third-order valence-electron chi connectivity index (χ3n) is 3.82. The number of carbonyl (C=O) groups excluding carboxylic acids is 1. The second-order valence-electron chi connectivity index (χ2n) is 5.33. The number of amides is 1. The lowest BCUT2D eigenvalue weighted by Crippen LogP contribution is -2.30. The first-order chi connectivity index (χ1) is 11.1. The summed E-state index contributed by atoms with van der Waals surface area (Å²) in [5.41, 5.74) is 0.631. The molecule has 1 amide bonds. The Morgan fingerprint density at radius 2 is 1.83 bits per heavy atom. The predicted molar refractivity (Wildman–Crippen MR) is 100 cm³/mol. The SMILES string of the molecule is CC.CCCC(CC)CCC(OC)C(=O)Nc1ccccc1Cl. The van der Waals surface area contributed by atoms with Crippen LogP contribution >= 0.6 is 11.6 Å². The number of nitrogens with one attached hydrogen (secondary N) is 1. The molecular formula is C19H32ClNO2. The molecule has 0 saturated heterocycles. The zero-order valence-electron chi connectivity index (χ0n) is 15.2. The fourth-order valence-electron chi connectivity index (χ4n) is 2.48. The smallest absolute Gasteiger partial charge is 0.253 e. The van der Waals surface area contributed by atoms with Gasteiger partial charge in [0.2, 0.25) is 0 Å². The van der Waals surface area contributed by atoms with Crippen LogP contribution in [0.1, 0.15) is 59.8 Å². The number of hydrogen-bond acceptors (Lipinski definition) is 2. The molecule has 0 bridgehead atoms. The van der Waals surface area contributed by atoms with Gasteiger partial charge in [-0.05, 0) is 30.9 Å². The first kappa shape index (κ1) is 21.9. The second kappa shape index (κ2) is 13.4. The topological polar surface area (TPSA) is 38.3 Å². The van der Waals surface area contributed by atoms with Gasteiger partial charge in [0.25, 0.3) is 5.91 Å². The summed E-state index contributed by atoms with van der Waals surface area (Å²) in [6.45, 7) is 8.40. The van der Waals surface area contributed by atoms with Crippen molar-refractivity contribution >= 4 is 23.2 Å². The van der Waals surface area contributed by atoms with Crippen molar-refractivity contribution in [3.8, 4) is 0 Å². The highest BCUT2D eigenvalue weighted by Gasteiger charge is 2.20. The van der Waals surface area contributed by atoms with Crippen LogP contribution in [0.25, 0.3) is 0 Å². The molecule has 0 aliphatic carbocycles. The number of rotatable bonds is 9. The Balaban J connectivity index is 0.00000232. The number of methoxy groups -OCH3 is 1. The second-order valence-corrected chi connectivity index (χ2v) is 5.74. The van der Waals surface area contributed by atoms with E-state index in [9.17, 15) is 4.79 Å². The van der Waals surface area contributed by atoms with Gasteiger partial charge < -0.3 is 10.1 Å². The van der Waals surface area contributed by atoms with Crippen molar-refractivity contribution in [2.75, 3.05) is 12.4 Å². The monoisotopic (exact) mass is 341 g/mol. The van der Waals surface area contributed by atoms with Gasteiger partial charge >= 0.3 is 0 Å². The van der Waals surface area contributed by atoms with E-state index in [2.05, 4.69) is 19.2 Å². The molecule has 0 fully saturated rings. The minimum atomic E-state index is -0.424. The molecule has 0 spiro atoms. The zero-order chi connectivity index (χ0) is 17.7. The molecule has 132 valence electrons. The standard InChI is InChI=1S/C17H26ClNO2.C2H6/c1-4-8-13(5-2)11-12-16(21-3)17(20)19-15-10-7-6-9-14(15)18;1-2/h6-7,9-10,13,16H,4-5,8,11-12H2,1-3H3,(H,19,20);1-2H3. The molecule has 23 heavy (non-hydrogen) atoms. The number of halogens is 1. The van der Waals surface area contributed by atoms with E-state index in [1.807, 2.05) is 26.0 Å². The van der Waals surface area contributed by atoms with Gasteiger partial charge in [0.1, 0.15) is 6.10 Å². The minimum absolute atomic E-state index is 0.128. The van der Waals surface area contributed by atoms with Gasteiger partial charge in [-0.3, -0.25) is 4.79 Å². The Hall–Kier alpha value is -1.06. The first-order valence-corrected chi connectivity index (χ1v) is 9.08. The van der Waals surface area contributed by atoms with Crippen molar-refractivity contribution in [2.45, 2.75) is 65.9 Å². The Morgan fingerprint density at radius 3 is 2.35 bits per heavy atom. The van der Waals surface area contributed by atoms with Gasteiger partial charge in [-0.2, -0.15) is 0 Å². The molecule has 1 N–H and O–H groups in total. The zero-order valence-corrected chi connectivity index (χ0v) is 16.0. The fourth-order valence-corrected chi connectivity index (χ4v) is 2.66. The Kier molecular flexibility index (Phi) is 12.8. The molecule has 0 radical (unpaired) electrons. The van der Waals surface area contributed by atoms with Gasteiger partial charge in [-0.1, -0.05) is 70.7 Å². The van der Waals surface area contributed by atoms with Crippen molar-refractivity contribution in [1.29, 1.82) is 0 Å². The van der Waals surface area contributed by atoms with Crippen molar-refractivity contribution in [3.63, 3.8) is 0 Å². The number of para-hydroxylation sites is 1. The van der Waals surface area contributed by atoms with Gasteiger partial charge in [-0.15, -0.1) is 0 Å². The number of anilines is 1. The molecule has 4 heteroatoms. The third-order valence-corrected chi connectivity index (χ3v) is 4.15. The summed E-state index contributed by atoms with van der Waals surface area (Å²) in [4.78, 5) is 12.3. The van der Waals surface area contributed by atoms with Gasteiger partial charge in [0, 0.05) is 7.11 Å².